The van der Waals surface area contributed by atoms with E-state index < -0.39 is 23.4 Å². The van der Waals surface area contributed by atoms with Gasteiger partial charge >= 0.3 is 5.97 Å². The number of aromatic nitrogens is 2. The molecule has 204 valence electrons. The third-order valence-corrected chi connectivity index (χ3v) is 7.27. The third kappa shape index (κ3) is 7.07. The number of thioether (sulfide) groups is 1. The molecule has 0 saturated carbocycles. The van der Waals surface area contributed by atoms with E-state index >= 15 is 0 Å². The van der Waals surface area contributed by atoms with Crippen LogP contribution in [0.4, 0.5) is 0 Å². The number of fused-ring (bicyclic) bond motifs is 1. The number of carboxylic acid groups (broad SMARTS) is 1. The molecule has 39 heavy (non-hydrogen) atoms. The summed E-state index contributed by atoms with van der Waals surface area (Å²) in [5.74, 6) is -0.825. The Hall–Kier alpha value is -3.64. The van der Waals surface area contributed by atoms with Crippen molar-refractivity contribution in [1.29, 1.82) is 0 Å². The van der Waals surface area contributed by atoms with Crippen LogP contribution in [0, 0.1) is 0 Å². The number of furan rings is 1. The number of hydrogen-bond donors (Lipinski definition) is 3. The number of aromatic carboxylic acids is 1. The quantitative estimate of drug-likeness (QED) is 0.232. The molecule has 4 aromatic rings. The van der Waals surface area contributed by atoms with E-state index in [4.69, 9.17) is 16.0 Å². The molecular weight excluding hydrogens is 544 g/mol. The van der Waals surface area contributed by atoms with Crippen LogP contribution in [0.2, 0.25) is 5.02 Å². The van der Waals surface area contributed by atoms with E-state index in [0.717, 1.165) is 5.56 Å². The number of likely N-dealkylation sites (N-methyl/N-ethyl adjacent to an activating group) is 1. The van der Waals surface area contributed by atoms with Crippen molar-refractivity contribution in [2.75, 3.05) is 19.3 Å². The molecule has 0 aliphatic heterocycles. The molecule has 0 aliphatic carbocycles. The highest BCUT2D eigenvalue weighted by Crippen LogP contribution is 2.22. The predicted octanol–water partition coefficient (Wildman–Crippen LogP) is 3.39. The van der Waals surface area contributed by atoms with Crippen LogP contribution in [0.5, 0.6) is 0 Å². The molecule has 10 nitrogen and oxygen atoms in total. The summed E-state index contributed by atoms with van der Waals surface area (Å²) in [6, 6.07) is 11.7. The topological polar surface area (TPSA) is 138 Å². The minimum atomic E-state index is -1.07. The van der Waals surface area contributed by atoms with E-state index in [2.05, 4.69) is 10.3 Å². The molecule has 12 heteroatoms. The molecule has 0 spiro atoms. The SMILES string of the molecule is CN(Cc1cc2c(=O)c(C(=O)NCc3ccc(Cl)cc3)cn(C)c2o1)CC(O)CSc1ncccc1C(=O)O. The summed E-state index contributed by atoms with van der Waals surface area (Å²) in [5.41, 5.74) is 0.842. The zero-order chi connectivity index (χ0) is 28.1. The van der Waals surface area contributed by atoms with E-state index in [0.29, 0.717) is 28.1 Å². The van der Waals surface area contributed by atoms with E-state index in [1.807, 2.05) is 4.90 Å². The molecule has 0 radical (unpaired) electrons. The third-order valence-electron chi connectivity index (χ3n) is 5.87. The minimum Gasteiger partial charge on any atom is -0.478 e. The molecule has 1 unspecified atom stereocenters. The molecule has 1 atom stereocenters. The molecule has 3 aromatic heterocycles. The lowest BCUT2D eigenvalue weighted by Crippen LogP contribution is -2.30. The van der Waals surface area contributed by atoms with Gasteiger partial charge in [0.1, 0.15) is 16.3 Å². The lowest BCUT2D eigenvalue weighted by atomic mass is 10.2. The molecule has 0 bridgehead atoms. The number of aliphatic hydroxyl groups is 1. The van der Waals surface area contributed by atoms with Crippen LogP contribution >= 0.6 is 23.4 Å². The Morgan fingerprint density at radius 3 is 2.69 bits per heavy atom. The van der Waals surface area contributed by atoms with Crippen LogP contribution in [-0.2, 0) is 20.1 Å². The lowest BCUT2D eigenvalue weighted by Gasteiger charge is -2.19. The minimum absolute atomic E-state index is 0.00219. The van der Waals surface area contributed by atoms with Crippen LogP contribution in [0.1, 0.15) is 32.0 Å². The Labute approximate surface area is 233 Å². The Morgan fingerprint density at radius 2 is 1.97 bits per heavy atom. The van der Waals surface area contributed by atoms with Gasteiger partial charge in [0.2, 0.25) is 11.1 Å². The number of carbonyl (C=O) groups is 2. The molecule has 4 rings (SSSR count). The Balaban J connectivity index is 1.39. The summed E-state index contributed by atoms with van der Waals surface area (Å²) in [7, 11) is 3.48. The summed E-state index contributed by atoms with van der Waals surface area (Å²) in [6.07, 6.45) is 2.19. The van der Waals surface area contributed by atoms with Crippen molar-refractivity contribution >= 4 is 46.3 Å². The number of hydrogen-bond acceptors (Lipinski definition) is 8. The highest BCUT2D eigenvalue weighted by Gasteiger charge is 2.19. The highest BCUT2D eigenvalue weighted by atomic mass is 35.5. The largest absolute Gasteiger partial charge is 0.478 e. The highest BCUT2D eigenvalue weighted by molar-refractivity contribution is 7.99. The number of aryl methyl sites for hydroxylation is 1. The fourth-order valence-corrected chi connectivity index (χ4v) is 5.05. The Bertz CT molecular complexity index is 1550. The van der Waals surface area contributed by atoms with Gasteiger partial charge in [-0.25, -0.2) is 9.78 Å². The number of aliphatic hydroxyl groups excluding tert-OH is 1. The fourth-order valence-electron chi connectivity index (χ4n) is 4.02. The second kappa shape index (κ2) is 12.5. The average Bonchev–Trinajstić information content (AvgIpc) is 3.33. The standard InChI is InChI=1S/C27H27ClN4O6S/c1-31(12-18(33)15-39-25-20(27(36)37)4-3-9-29-25)13-19-10-21-23(34)22(14-32(2)26(21)38-19)24(35)30-11-16-5-7-17(28)8-6-16/h3-10,14,18,33H,11-13,15H2,1-2H3,(H,30,35)(H,36,37). The first kappa shape index (κ1) is 28.4. The first-order chi connectivity index (χ1) is 18.6. The van der Waals surface area contributed by atoms with Gasteiger partial charge < -0.3 is 24.5 Å². The average molecular weight is 571 g/mol. The second-order valence-corrected chi connectivity index (χ2v) is 10.5. The molecule has 0 saturated heterocycles. The van der Waals surface area contributed by atoms with Crippen molar-refractivity contribution in [1.82, 2.24) is 19.8 Å². The molecule has 0 fully saturated rings. The number of amides is 1. The van der Waals surface area contributed by atoms with Crippen LogP contribution < -0.4 is 10.7 Å². The number of pyridine rings is 2. The summed E-state index contributed by atoms with van der Waals surface area (Å²) in [5, 5.41) is 23.8. The first-order valence-corrected chi connectivity index (χ1v) is 13.3. The number of halogens is 1. The van der Waals surface area contributed by atoms with Crippen molar-refractivity contribution in [3.05, 3.63) is 92.6 Å². The number of nitrogens with one attached hydrogen (secondary N) is 1. The summed E-state index contributed by atoms with van der Waals surface area (Å²) in [4.78, 5) is 43.1. The predicted molar refractivity (Wildman–Crippen MR) is 148 cm³/mol. The van der Waals surface area contributed by atoms with Crippen LogP contribution in [-0.4, -0.2) is 62.0 Å². The van der Waals surface area contributed by atoms with Crippen LogP contribution in [0.3, 0.4) is 0 Å². The summed E-state index contributed by atoms with van der Waals surface area (Å²) < 4.78 is 7.49. The Morgan fingerprint density at radius 1 is 1.23 bits per heavy atom. The van der Waals surface area contributed by atoms with Crippen molar-refractivity contribution in [2.45, 2.75) is 24.2 Å². The molecular formula is C27H27ClN4O6S. The van der Waals surface area contributed by atoms with Crippen molar-refractivity contribution in [2.24, 2.45) is 7.05 Å². The Kier molecular flexibility index (Phi) is 9.08. The van der Waals surface area contributed by atoms with Gasteiger partial charge in [-0.1, -0.05) is 23.7 Å². The number of rotatable bonds is 11. The zero-order valence-corrected chi connectivity index (χ0v) is 22.8. The number of nitrogens with zero attached hydrogens (tertiary/aromatic N) is 3. The van der Waals surface area contributed by atoms with Gasteiger partial charge in [0.15, 0.2) is 0 Å². The van der Waals surface area contributed by atoms with Gasteiger partial charge in [0.25, 0.3) is 5.91 Å². The van der Waals surface area contributed by atoms with Crippen LogP contribution in [0.25, 0.3) is 11.1 Å². The molecule has 1 aromatic carbocycles. The monoisotopic (exact) mass is 570 g/mol. The first-order valence-electron chi connectivity index (χ1n) is 11.9. The van der Waals surface area contributed by atoms with Gasteiger partial charge in [-0.15, -0.1) is 11.8 Å². The van der Waals surface area contributed by atoms with E-state index in [1.54, 1.807) is 55.1 Å². The summed E-state index contributed by atoms with van der Waals surface area (Å²) in [6.45, 7) is 0.823. The lowest BCUT2D eigenvalue weighted by molar-refractivity contribution is 0.0691. The summed E-state index contributed by atoms with van der Waals surface area (Å²) >= 11 is 7.06. The smallest absolute Gasteiger partial charge is 0.338 e. The fraction of sp³-hybridized carbons (Fsp3) is 0.259. The van der Waals surface area contributed by atoms with E-state index in [1.165, 1.54) is 30.2 Å². The number of carbonyl (C=O) groups excluding carboxylic acids is 1. The van der Waals surface area contributed by atoms with Gasteiger partial charge in [0, 0.05) is 43.3 Å². The second-order valence-electron chi connectivity index (χ2n) is 9.05. The van der Waals surface area contributed by atoms with Crippen molar-refractivity contribution < 1.29 is 24.2 Å². The maximum atomic E-state index is 13.1. The van der Waals surface area contributed by atoms with Crippen LogP contribution in [0.15, 0.2) is 69.1 Å². The molecule has 3 N–H and O–H groups in total. The maximum Gasteiger partial charge on any atom is 0.338 e. The van der Waals surface area contributed by atoms with Gasteiger partial charge in [-0.05, 0) is 42.9 Å². The molecule has 0 aliphatic rings. The van der Waals surface area contributed by atoms with Gasteiger partial charge in [-0.2, -0.15) is 0 Å². The van der Waals surface area contributed by atoms with Gasteiger partial charge in [-0.3, -0.25) is 14.5 Å². The van der Waals surface area contributed by atoms with Gasteiger partial charge in [0.05, 0.1) is 23.6 Å². The normalized spacial score (nSPS) is 12.1. The van der Waals surface area contributed by atoms with E-state index in [9.17, 15) is 24.6 Å². The van der Waals surface area contributed by atoms with E-state index in [-0.39, 0.29) is 35.4 Å². The molecule has 1 amide bonds. The molecule has 3 heterocycles. The number of carboxylic acids is 1. The number of benzene rings is 1. The van der Waals surface area contributed by atoms with Crippen molar-refractivity contribution in [3.63, 3.8) is 0 Å². The maximum absolute atomic E-state index is 13.1. The van der Waals surface area contributed by atoms with Crippen molar-refractivity contribution in [3.8, 4) is 0 Å². The zero-order valence-electron chi connectivity index (χ0n) is 21.3.